The predicted molar refractivity (Wildman–Crippen MR) is 349 cm³/mol. The van der Waals surface area contributed by atoms with Crippen LogP contribution in [0.3, 0.4) is 0 Å². The van der Waals surface area contributed by atoms with Crippen LogP contribution < -0.4 is 49.7 Å². The zero-order valence-corrected chi connectivity index (χ0v) is 53.9. The Hall–Kier alpha value is -10.3. The number of carbonyl (C=O) groups excluding carboxylic acids is 3. The molecule has 3 unspecified atom stereocenters. The summed E-state index contributed by atoms with van der Waals surface area (Å²) < 4.78 is 43.2. The molecule has 490 valence electrons. The lowest BCUT2D eigenvalue weighted by Gasteiger charge is -2.31. The molecule has 0 saturated heterocycles. The molecule has 2 fully saturated rings. The Morgan fingerprint density at radius 1 is 0.611 bits per heavy atom. The minimum Gasteiger partial charge on any atom is -0.476 e. The molecule has 3 amide bonds. The lowest BCUT2D eigenvalue weighted by atomic mass is 9.92. The van der Waals surface area contributed by atoms with Crippen molar-refractivity contribution >= 4 is 35.2 Å². The number of likely N-dealkylation sites (N-methyl/N-ethyl adjacent to an activating group) is 1. The van der Waals surface area contributed by atoms with Gasteiger partial charge >= 0.3 is 0 Å². The minimum absolute atomic E-state index is 0.124. The molecule has 0 spiro atoms. The average molecular weight is 1290 g/mol. The minimum atomic E-state index is -0.701. The van der Waals surface area contributed by atoms with E-state index in [1.54, 1.807) is 53.6 Å². The Morgan fingerprint density at radius 2 is 1.07 bits per heavy atom. The molecule has 5 N–H and O–H groups in total. The smallest absolute Gasteiger partial charge is 0.262 e. The van der Waals surface area contributed by atoms with Crippen LogP contribution in [0.1, 0.15) is 121 Å². The number of ether oxygens (including phenoxy) is 6. The molecule has 14 rings (SSSR count). The molecule has 2 saturated carbocycles. The molecule has 12 heterocycles. The van der Waals surface area contributed by atoms with Crippen LogP contribution in [0.5, 0.6) is 35.3 Å². The fourth-order valence-corrected chi connectivity index (χ4v) is 12.3. The number of rotatable bonds is 24. The molecule has 26 heteroatoms. The van der Waals surface area contributed by atoms with Crippen LogP contribution in [0.2, 0.25) is 0 Å². The second kappa shape index (κ2) is 25.2. The van der Waals surface area contributed by atoms with Crippen molar-refractivity contribution in [2.75, 3.05) is 36.1 Å². The number of aliphatic hydroxyl groups excluding tert-OH is 1. The van der Waals surface area contributed by atoms with Gasteiger partial charge in [0.05, 0.1) is 41.8 Å². The first-order chi connectivity index (χ1) is 45.7. The van der Waals surface area contributed by atoms with Gasteiger partial charge in [-0.05, 0) is 115 Å². The molecule has 95 heavy (non-hydrogen) atoms. The summed E-state index contributed by atoms with van der Waals surface area (Å²) in [7, 11) is 3.65. The van der Waals surface area contributed by atoms with Crippen LogP contribution >= 0.6 is 0 Å². The Bertz CT molecular complexity index is 4420. The number of fused-ring (bicyclic) bond motifs is 3. The molecular weight excluding hydrogens is 1210 g/mol. The standard InChI is InChI=1S/C69H74N16O10/c1-39(40-17-18-40)91-65-50(26-42-31-68(4,94-62(42)81-65)19-22-84-37-45(34-72-84)53-12-9-15-56(75-53)77-58(87)49-25-41-30-67(2,3)93-61(41)80-64(49)90-24-21-70-6)59(88)78-57-16-10-13-54(76-57)46-35-73-85(38-46)23-20-69(5)32-43-27-51(66(82-63(43)95-69)92-48-28-47(86)29-48)60(89)79-55-14-8-11-52(74-55)44-33-71-83(7)36-44/h8-16,25-27,33-40,47-48,70,86H,17-24,28-32H2,1-7H3,(H,74,79,89)(H,75,77,87)(H,76,78,88)/t39?,47-,48+,68?,69?. The van der Waals surface area contributed by atoms with E-state index in [4.69, 9.17) is 48.4 Å². The maximum absolute atomic E-state index is 14.5. The summed E-state index contributed by atoms with van der Waals surface area (Å²) >= 11 is 0. The lowest BCUT2D eigenvalue weighted by Crippen LogP contribution is -2.38. The third-order valence-electron chi connectivity index (χ3n) is 17.7. The number of aromatic nitrogens is 12. The van der Waals surface area contributed by atoms with Crippen molar-refractivity contribution in [3.63, 3.8) is 0 Å². The van der Waals surface area contributed by atoms with Crippen molar-refractivity contribution in [3.05, 3.63) is 143 Å². The summed E-state index contributed by atoms with van der Waals surface area (Å²) in [6.07, 6.45) is 15.5. The summed E-state index contributed by atoms with van der Waals surface area (Å²) in [4.78, 5) is 70.8. The van der Waals surface area contributed by atoms with Gasteiger partial charge in [-0.15, -0.1) is 0 Å². The molecular formula is C69H74N16O10. The van der Waals surface area contributed by atoms with E-state index in [1.165, 1.54) is 0 Å². The third-order valence-corrected chi connectivity index (χ3v) is 17.7. The Kier molecular flexibility index (Phi) is 16.5. The lowest BCUT2D eigenvalue weighted by molar-refractivity contribution is -0.0135. The van der Waals surface area contributed by atoms with Crippen LogP contribution in [0, 0.1) is 5.92 Å². The molecule has 2 aliphatic carbocycles. The van der Waals surface area contributed by atoms with Crippen molar-refractivity contribution in [2.45, 2.75) is 141 Å². The molecule has 9 aromatic rings. The highest BCUT2D eigenvalue weighted by molar-refractivity contribution is 6.07. The maximum atomic E-state index is 14.5. The monoisotopic (exact) mass is 1290 g/mol. The van der Waals surface area contributed by atoms with Gasteiger partial charge in [-0.2, -0.15) is 30.2 Å². The third kappa shape index (κ3) is 13.9. The van der Waals surface area contributed by atoms with Crippen LogP contribution in [-0.2, 0) is 39.4 Å². The predicted octanol–water partition coefficient (Wildman–Crippen LogP) is 8.90. The normalized spacial score (nSPS) is 19.8. The Labute approximate surface area is 547 Å². The second-order valence-electron chi connectivity index (χ2n) is 26.4. The molecule has 26 nitrogen and oxygen atoms in total. The SMILES string of the molecule is CNCCOc1nc2c(cc1C(=O)Nc1cccc(-c3cnn(CCC4(C)Cc5cc(C(=O)Nc6cccc(-c7cnn(CCC8(C)Cc9cc(C(=O)Nc%10cccc(-c%11cnn(C)c%11)n%10)c(O[C@H]%10C[C@@H](O)C%10)nc9O8)c7)n6)c(OC(C)C6CC6)nc5O4)c3)n1)CC(C)(C)O2. The number of hydrogen-bond acceptors (Lipinski definition) is 20. The van der Waals surface area contributed by atoms with E-state index in [0.29, 0.717) is 135 Å². The van der Waals surface area contributed by atoms with E-state index in [9.17, 15) is 19.5 Å². The van der Waals surface area contributed by atoms with Crippen molar-refractivity contribution in [1.29, 1.82) is 0 Å². The number of amides is 3. The van der Waals surface area contributed by atoms with Crippen LogP contribution in [0.25, 0.3) is 33.8 Å². The van der Waals surface area contributed by atoms with E-state index in [1.807, 2.05) is 119 Å². The summed E-state index contributed by atoms with van der Waals surface area (Å²) in [5.41, 5.74) is 5.51. The summed E-state index contributed by atoms with van der Waals surface area (Å²) in [6, 6.07) is 21.6. The highest BCUT2D eigenvalue weighted by atomic mass is 16.5. The van der Waals surface area contributed by atoms with E-state index in [0.717, 1.165) is 46.2 Å². The first kappa shape index (κ1) is 62.1. The van der Waals surface area contributed by atoms with Crippen LogP contribution in [0.15, 0.2) is 110 Å². The van der Waals surface area contributed by atoms with Gasteiger partial charge in [0.25, 0.3) is 17.7 Å². The van der Waals surface area contributed by atoms with Gasteiger partial charge in [-0.3, -0.25) is 28.4 Å². The number of nitrogens with zero attached hydrogens (tertiary/aromatic N) is 12. The van der Waals surface area contributed by atoms with Gasteiger partial charge in [-0.1, -0.05) is 18.2 Å². The van der Waals surface area contributed by atoms with Crippen molar-refractivity contribution < 1.29 is 47.9 Å². The number of nitrogens with one attached hydrogen (secondary N) is 4. The average Bonchev–Trinajstić information content (AvgIpc) is 1.67. The number of anilines is 3. The van der Waals surface area contributed by atoms with Crippen LogP contribution in [-0.4, -0.2) is 137 Å². The second-order valence-corrected chi connectivity index (χ2v) is 26.4. The highest BCUT2D eigenvalue weighted by Gasteiger charge is 2.41. The van der Waals surface area contributed by atoms with Crippen molar-refractivity contribution in [2.24, 2.45) is 13.0 Å². The maximum Gasteiger partial charge on any atom is 0.262 e. The van der Waals surface area contributed by atoms with E-state index in [-0.39, 0.29) is 41.0 Å². The molecule has 0 aromatic carbocycles. The van der Waals surface area contributed by atoms with E-state index >= 15 is 0 Å². The van der Waals surface area contributed by atoms with Crippen molar-refractivity contribution in [3.8, 4) is 69.1 Å². The summed E-state index contributed by atoms with van der Waals surface area (Å²) in [5, 5.41) is 35.6. The first-order valence-corrected chi connectivity index (χ1v) is 32.1. The fraction of sp³-hybridized carbons (Fsp3) is 0.391. The zero-order valence-electron chi connectivity index (χ0n) is 53.9. The first-order valence-electron chi connectivity index (χ1n) is 32.1. The molecule has 0 radical (unpaired) electrons. The zero-order chi connectivity index (χ0) is 65.8. The molecule has 3 atom stereocenters. The van der Waals surface area contributed by atoms with E-state index in [2.05, 4.69) is 46.5 Å². The Morgan fingerprint density at radius 3 is 1.57 bits per heavy atom. The van der Waals surface area contributed by atoms with Crippen LogP contribution in [0.4, 0.5) is 17.5 Å². The molecule has 0 bridgehead atoms. The Balaban J connectivity index is 0.608. The van der Waals surface area contributed by atoms with Gasteiger partial charge in [0, 0.05) is 124 Å². The number of carbonyl (C=O) groups is 3. The topological polar surface area (TPSA) is 306 Å². The van der Waals surface area contributed by atoms with Gasteiger partial charge in [0.1, 0.15) is 69.8 Å². The summed E-state index contributed by atoms with van der Waals surface area (Å²) in [5.74, 6) is 1.90. The molecule has 5 aliphatic rings. The van der Waals surface area contributed by atoms with Gasteiger partial charge < -0.3 is 54.8 Å². The van der Waals surface area contributed by atoms with E-state index < -0.39 is 40.6 Å². The molecule has 9 aromatic heterocycles. The van der Waals surface area contributed by atoms with Gasteiger partial charge in [0.2, 0.25) is 35.3 Å². The molecule has 3 aliphatic heterocycles. The highest BCUT2D eigenvalue weighted by Crippen LogP contribution is 2.43. The summed E-state index contributed by atoms with van der Waals surface area (Å²) in [6.45, 7) is 11.9. The number of aryl methyl sites for hydroxylation is 3. The van der Waals surface area contributed by atoms with Gasteiger partial charge in [-0.25, -0.2) is 15.0 Å². The number of aliphatic hydroxyl groups is 1. The van der Waals surface area contributed by atoms with Crippen molar-refractivity contribution in [1.82, 2.24) is 64.6 Å². The number of pyridine rings is 6. The number of hydrogen-bond donors (Lipinski definition) is 5. The fourth-order valence-electron chi connectivity index (χ4n) is 12.3. The van der Waals surface area contributed by atoms with Gasteiger partial charge in [0.15, 0.2) is 0 Å². The quantitative estimate of drug-likeness (QED) is 0.0353. The largest absolute Gasteiger partial charge is 0.476 e.